The summed E-state index contributed by atoms with van der Waals surface area (Å²) in [5, 5.41) is 7.09. The van der Waals surface area contributed by atoms with Gasteiger partial charge in [-0.05, 0) is 37.1 Å². The number of nitrogens with zero attached hydrogens (tertiary/aromatic N) is 2. The van der Waals surface area contributed by atoms with Crippen molar-refractivity contribution in [3.63, 3.8) is 0 Å². The molecule has 1 saturated carbocycles. The lowest BCUT2D eigenvalue weighted by Crippen LogP contribution is -2.38. The lowest BCUT2D eigenvalue weighted by molar-refractivity contribution is -0.122. The van der Waals surface area contributed by atoms with E-state index in [1.807, 2.05) is 0 Å². The molecule has 1 fully saturated rings. The molecule has 26 heavy (non-hydrogen) atoms. The third-order valence-electron chi connectivity index (χ3n) is 4.82. The number of carbonyl (C=O) groups excluding carboxylic acids is 2. The molecule has 1 aliphatic carbocycles. The van der Waals surface area contributed by atoms with E-state index in [1.54, 1.807) is 29.2 Å². The molecule has 1 aliphatic heterocycles. The van der Waals surface area contributed by atoms with Crippen molar-refractivity contribution in [2.45, 2.75) is 32.2 Å². The smallest absolute Gasteiger partial charge is 0.319 e. The van der Waals surface area contributed by atoms with Gasteiger partial charge in [0.2, 0.25) is 5.91 Å². The highest BCUT2D eigenvalue weighted by Gasteiger charge is 2.28. The number of urea groups is 1. The summed E-state index contributed by atoms with van der Waals surface area (Å²) in [7, 11) is 0. The highest BCUT2D eigenvalue weighted by molar-refractivity contribution is 7.15. The second-order valence-corrected chi connectivity index (χ2v) is 8.13. The van der Waals surface area contributed by atoms with Crippen molar-refractivity contribution in [2.24, 2.45) is 5.92 Å². The molecular weight excluding hydrogens is 372 g/mol. The maximum absolute atomic E-state index is 12.5. The SMILES string of the molecule is O=C(Nc1nc2c(s1)CN(C(=O)Nc1ccc(Cl)cc1)CC2)C1CCC1. The number of anilines is 2. The zero-order chi connectivity index (χ0) is 18.1. The van der Waals surface area contributed by atoms with Gasteiger partial charge in [0.15, 0.2) is 5.13 Å². The molecule has 2 N–H and O–H groups in total. The van der Waals surface area contributed by atoms with Crippen LogP contribution in [0, 0.1) is 5.92 Å². The molecule has 0 unspecified atom stereocenters. The number of hydrogen-bond donors (Lipinski definition) is 2. The standard InChI is InChI=1S/C18H19ClN4O2S/c19-12-4-6-13(7-5-12)20-18(25)23-9-8-14-15(10-23)26-17(21-14)22-16(24)11-2-1-3-11/h4-7,11H,1-3,8-10H2,(H,20,25)(H,21,22,24). The maximum atomic E-state index is 12.5. The molecule has 0 atom stereocenters. The molecule has 6 nitrogen and oxygen atoms in total. The number of carbonyl (C=O) groups is 2. The molecule has 4 rings (SSSR count). The van der Waals surface area contributed by atoms with Gasteiger partial charge in [0.05, 0.1) is 12.2 Å². The number of amides is 3. The summed E-state index contributed by atoms with van der Waals surface area (Å²) in [6.07, 6.45) is 3.76. The Kier molecular flexibility index (Phi) is 4.82. The first-order valence-electron chi connectivity index (χ1n) is 8.69. The first kappa shape index (κ1) is 17.3. The fraction of sp³-hybridized carbons (Fsp3) is 0.389. The number of rotatable bonds is 3. The number of hydrogen-bond acceptors (Lipinski definition) is 4. The second kappa shape index (κ2) is 7.25. The Morgan fingerprint density at radius 2 is 1.96 bits per heavy atom. The molecule has 3 amide bonds. The number of halogens is 1. The summed E-state index contributed by atoms with van der Waals surface area (Å²) in [6, 6.07) is 6.89. The molecule has 1 aromatic carbocycles. The van der Waals surface area contributed by atoms with Gasteiger partial charge in [0.25, 0.3) is 0 Å². The van der Waals surface area contributed by atoms with Crippen LogP contribution < -0.4 is 10.6 Å². The Morgan fingerprint density at radius 3 is 2.65 bits per heavy atom. The quantitative estimate of drug-likeness (QED) is 0.827. The van der Waals surface area contributed by atoms with E-state index < -0.39 is 0 Å². The van der Waals surface area contributed by atoms with Crippen molar-refractivity contribution in [2.75, 3.05) is 17.2 Å². The van der Waals surface area contributed by atoms with Gasteiger partial charge >= 0.3 is 6.03 Å². The molecular formula is C18H19ClN4O2S. The van der Waals surface area contributed by atoms with E-state index in [0.29, 0.717) is 35.4 Å². The van der Waals surface area contributed by atoms with Crippen LogP contribution in [0.4, 0.5) is 15.6 Å². The topological polar surface area (TPSA) is 74.3 Å². The van der Waals surface area contributed by atoms with Crippen LogP contribution in [-0.2, 0) is 17.8 Å². The van der Waals surface area contributed by atoms with Gasteiger partial charge in [-0.2, -0.15) is 0 Å². The molecule has 0 spiro atoms. The molecule has 2 heterocycles. The molecule has 0 saturated heterocycles. The van der Waals surface area contributed by atoms with E-state index >= 15 is 0 Å². The normalized spacial score (nSPS) is 16.6. The Bertz CT molecular complexity index is 832. The summed E-state index contributed by atoms with van der Waals surface area (Å²) in [4.78, 5) is 31.9. The highest BCUT2D eigenvalue weighted by Crippen LogP contribution is 2.31. The summed E-state index contributed by atoms with van der Waals surface area (Å²) in [6.45, 7) is 1.11. The number of nitrogens with one attached hydrogen (secondary N) is 2. The van der Waals surface area contributed by atoms with E-state index in [9.17, 15) is 9.59 Å². The lowest BCUT2D eigenvalue weighted by atomic mass is 9.85. The van der Waals surface area contributed by atoms with E-state index in [-0.39, 0.29) is 17.9 Å². The van der Waals surface area contributed by atoms with Gasteiger partial charge in [-0.3, -0.25) is 4.79 Å². The molecule has 0 radical (unpaired) electrons. The van der Waals surface area contributed by atoms with Crippen molar-refractivity contribution in [3.8, 4) is 0 Å². The fourth-order valence-corrected chi connectivity index (χ4v) is 4.19. The Morgan fingerprint density at radius 1 is 1.19 bits per heavy atom. The Balaban J connectivity index is 1.38. The van der Waals surface area contributed by atoms with Gasteiger partial charge in [0, 0.05) is 34.5 Å². The fourth-order valence-electron chi connectivity index (χ4n) is 3.04. The summed E-state index contributed by atoms with van der Waals surface area (Å²) in [5.74, 6) is 0.206. The van der Waals surface area contributed by atoms with Crippen molar-refractivity contribution in [1.29, 1.82) is 0 Å². The Labute approximate surface area is 160 Å². The molecule has 1 aromatic heterocycles. The van der Waals surface area contributed by atoms with Crippen LogP contribution in [0.25, 0.3) is 0 Å². The lowest BCUT2D eigenvalue weighted by Gasteiger charge is -2.26. The second-order valence-electron chi connectivity index (χ2n) is 6.61. The number of benzene rings is 1. The van der Waals surface area contributed by atoms with E-state index in [4.69, 9.17) is 11.6 Å². The number of thiazole rings is 1. The summed E-state index contributed by atoms with van der Waals surface area (Å²) < 4.78 is 0. The van der Waals surface area contributed by atoms with Crippen LogP contribution in [0.1, 0.15) is 29.8 Å². The van der Waals surface area contributed by atoms with Crippen LogP contribution in [0.5, 0.6) is 0 Å². The third kappa shape index (κ3) is 3.68. The van der Waals surface area contributed by atoms with Crippen LogP contribution in [0.15, 0.2) is 24.3 Å². The average molecular weight is 391 g/mol. The zero-order valence-electron chi connectivity index (χ0n) is 14.1. The molecule has 2 aliphatic rings. The summed E-state index contributed by atoms with van der Waals surface area (Å²) in [5.41, 5.74) is 1.69. The van der Waals surface area contributed by atoms with Crippen LogP contribution in [0.3, 0.4) is 0 Å². The van der Waals surface area contributed by atoms with Gasteiger partial charge in [-0.15, -0.1) is 0 Å². The molecule has 136 valence electrons. The molecule has 8 heteroatoms. The first-order valence-corrected chi connectivity index (χ1v) is 9.89. The predicted octanol–water partition coefficient (Wildman–Crippen LogP) is 4.13. The van der Waals surface area contributed by atoms with Crippen molar-refractivity contribution in [1.82, 2.24) is 9.88 Å². The van der Waals surface area contributed by atoms with Crippen molar-refractivity contribution in [3.05, 3.63) is 39.9 Å². The van der Waals surface area contributed by atoms with Gasteiger partial charge in [-0.25, -0.2) is 9.78 Å². The Hall–Kier alpha value is -2.12. The van der Waals surface area contributed by atoms with E-state index in [1.165, 1.54) is 11.3 Å². The molecule has 2 aromatic rings. The number of fused-ring (bicyclic) bond motifs is 1. The maximum Gasteiger partial charge on any atom is 0.322 e. The van der Waals surface area contributed by atoms with Crippen molar-refractivity contribution >= 4 is 45.7 Å². The average Bonchev–Trinajstić information content (AvgIpc) is 2.96. The first-order chi connectivity index (χ1) is 12.6. The van der Waals surface area contributed by atoms with E-state index in [0.717, 1.165) is 29.8 Å². The highest BCUT2D eigenvalue weighted by atomic mass is 35.5. The van der Waals surface area contributed by atoms with Crippen LogP contribution in [0.2, 0.25) is 5.02 Å². The largest absolute Gasteiger partial charge is 0.322 e. The minimum Gasteiger partial charge on any atom is -0.319 e. The van der Waals surface area contributed by atoms with E-state index in [2.05, 4.69) is 15.6 Å². The third-order valence-corrected chi connectivity index (χ3v) is 6.07. The predicted molar refractivity (Wildman–Crippen MR) is 103 cm³/mol. The monoisotopic (exact) mass is 390 g/mol. The van der Waals surface area contributed by atoms with Crippen LogP contribution >= 0.6 is 22.9 Å². The van der Waals surface area contributed by atoms with Gasteiger partial charge in [-0.1, -0.05) is 29.4 Å². The zero-order valence-corrected chi connectivity index (χ0v) is 15.7. The van der Waals surface area contributed by atoms with Gasteiger partial charge < -0.3 is 15.5 Å². The number of aromatic nitrogens is 1. The summed E-state index contributed by atoms with van der Waals surface area (Å²) >= 11 is 7.33. The minimum atomic E-state index is -0.147. The minimum absolute atomic E-state index is 0.0692. The molecule has 0 bridgehead atoms. The van der Waals surface area contributed by atoms with Gasteiger partial charge in [0.1, 0.15) is 0 Å². The van der Waals surface area contributed by atoms with Crippen LogP contribution in [-0.4, -0.2) is 28.4 Å². The van der Waals surface area contributed by atoms with Crippen molar-refractivity contribution < 1.29 is 9.59 Å².